The molecule has 146 valence electrons. The highest BCUT2D eigenvalue weighted by Gasteiger charge is 2.07. The Bertz CT molecular complexity index is 898. The van der Waals surface area contributed by atoms with E-state index in [9.17, 15) is 0 Å². The van der Waals surface area contributed by atoms with Crippen molar-refractivity contribution in [2.75, 3.05) is 25.5 Å². The number of thiazole rings is 1. The van der Waals surface area contributed by atoms with Crippen LogP contribution in [-0.2, 0) is 13.6 Å². The average Bonchev–Trinajstić information content (AvgIpc) is 3.17. The summed E-state index contributed by atoms with van der Waals surface area (Å²) in [5.41, 5.74) is 1.90. The molecule has 3 N–H and O–H groups in total. The topological polar surface area (TPSA) is 105 Å². The van der Waals surface area contributed by atoms with Gasteiger partial charge in [0.2, 0.25) is 0 Å². The van der Waals surface area contributed by atoms with E-state index in [1.54, 1.807) is 29.3 Å². The summed E-state index contributed by atoms with van der Waals surface area (Å²) in [6, 6.07) is 0. The van der Waals surface area contributed by atoms with Gasteiger partial charge in [0.1, 0.15) is 17.2 Å². The summed E-state index contributed by atoms with van der Waals surface area (Å²) in [4.78, 5) is 18.5. The highest BCUT2D eigenvalue weighted by atomic mass is 127. The van der Waals surface area contributed by atoms with E-state index in [4.69, 9.17) is 0 Å². The number of aryl methyl sites for hydroxylation is 3. The molecule has 0 amide bonds. The third-order valence-electron chi connectivity index (χ3n) is 3.94. The number of anilines is 1. The second kappa shape index (κ2) is 9.78. The van der Waals surface area contributed by atoms with E-state index in [1.165, 1.54) is 11.2 Å². The van der Waals surface area contributed by atoms with E-state index >= 15 is 0 Å². The largest absolute Gasteiger partial charge is 0.368 e. The number of rotatable bonds is 6. The molecule has 27 heavy (non-hydrogen) atoms. The highest BCUT2D eigenvalue weighted by Crippen LogP contribution is 2.17. The lowest BCUT2D eigenvalue weighted by Gasteiger charge is -2.12. The Morgan fingerprint density at radius 3 is 2.74 bits per heavy atom. The molecule has 0 saturated heterocycles. The van der Waals surface area contributed by atoms with Gasteiger partial charge in [0, 0.05) is 32.1 Å². The Morgan fingerprint density at radius 1 is 1.22 bits per heavy atom. The first-order chi connectivity index (χ1) is 12.6. The molecule has 0 fully saturated rings. The number of hydrogen-bond donors (Lipinski definition) is 3. The Hall–Kier alpha value is -2.02. The molecule has 3 aromatic rings. The van der Waals surface area contributed by atoms with E-state index in [1.807, 2.05) is 14.0 Å². The van der Waals surface area contributed by atoms with Crippen molar-refractivity contribution in [2.45, 2.75) is 20.4 Å². The van der Waals surface area contributed by atoms with Crippen LogP contribution < -0.4 is 16.0 Å². The summed E-state index contributed by atoms with van der Waals surface area (Å²) in [7, 11) is 3.62. The van der Waals surface area contributed by atoms with E-state index in [-0.39, 0.29) is 24.0 Å². The molecule has 3 aromatic heterocycles. The van der Waals surface area contributed by atoms with Gasteiger partial charge in [-0.3, -0.25) is 9.67 Å². The van der Waals surface area contributed by atoms with Crippen molar-refractivity contribution in [1.82, 2.24) is 35.4 Å². The van der Waals surface area contributed by atoms with Crippen molar-refractivity contribution in [1.29, 1.82) is 0 Å². The van der Waals surface area contributed by atoms with Crippen molar-refractivity contribution >= 4 is 58.1 Å². The summed E-state index contributed by atoms with van der Waals surface area (Å²) >= 11 is 1.70. The van der Waals surface area contributed by atoms with E-state index in [2.05, 4.69) is 47.9 Å². The van der Waals surface area contributed by atoms with Gasteiger partial charge < -0.3 is 16.0 Å². The van der Waals surface area contributed by atoms with Crippen molar-refractivity contribution in [3.8, 4) is 0 Å². The van der Waals surface area contributed by atoms with Crippen LogP contribution in [0.15, 0.2) is 17.5 Å². The van der Waals surface area contributed by atoms with Crippen molar-refractivity contribution < 1.29 is 0 Å². The minimum atomic E-state index is 0. The summed E-state index contributed by atoms with van der Waals surface area (Å²) in [6.07, 6.45) is 3.31. The summed E-state index contributed by atoms with van der Waals surface area (Å²) < 4.78 is 1.73. The van der Waals surface area contributed by atoms with Gasteiger partial charge in [-0.2, -0.15) is 5.10 Å². The summed E-state index contributed by atoms with van der Waals surface area (Å²) in [5, 5.41) is 16.0. The Kier molecular flexibility index (Phi) is 7.71. The predicted octanol–water partition coefficient (Wildman–Crippen LogP) is 1.83. The number of aliphatic imine (C=N–C) groups is 1. The molecule has 0 atom stereocenters. The van der Waals surface area contributed by atoms with Crippen LogP contribution in [-0.4, -0.2) is 50.8 Å². The molecule has 0 unspecified atom stereocenters. The zero-order valence-corrected chi connectivity index (χ0v) is 18.9. The number of hydrogen-bond acceptors (Lipinski definition) is 7. The van der Waals surface area contributed by atoms with Gasteiger partial charge in [-0.1, -0.05) is 0 Å². The third-order valence-corrected chi connectivity index (χ3v) is 5.02. The van der Waals surface area contributed by atoms with Crippen molar-refractivity contribution in [2.24, 2.45) is 12.0 Å². The number of nitrogens with one attached hydrogen (secondary N) is 3. The van der Waals surface area contributed by atoms with Crippen LogP contribution >= 0.6 is 35.3 Å². The summed E-state index contributed by atoms with van der Waals surface area (Å²) in [5.74, 6) is 1.52. The molecular weight excluding hydrogens is 477 g/mol. The molecule has 0 aliphatic rings. The molecule has 11 heteroatoms. The van der Waals surface area contributed by atoms with Gasteiger partial charge in [0.25, 0.3) is 0 Å². The Morgan fingerprint density at radius 2 is 2.04 bits per heavy atom. The molecule has 0 spiro atoms. The normalized spacial score (nSPS) is 11.3. The van der Waals surface area contributed by atoms with Crippen molar-refractivity contribution in [3.05, 3.63) is 28.1 Å². The Labute approximate surface area is 179 Å². The van der Waals surface area contributed by atoms with Gasteiger partial charge in [0.15, 0.2) is 11.6 Å². The van der Waals surface area contributed by atoms with Crippen LogP contribution in [0.25, 0.3) is 11.0 Å². The standard InChI is InChI=1S/C16H23N9S.HI/c1-10-11(2)26-13(24-10)8-20-16(17-3)19-6-5-18-14-12-7-23-25(4)15(12)22-9-21-14;/h7,9H,5-6,8H2,1-4H3,(H2,17,19,20)(H,18,21,22);1H. The van der Waals surface area contributed by atoms with Crippen molar-refractivity contribution in [3.63, 3.8) is 0 Å². The number of nitrogens with zero attached hydrogens (tertiary/aromatic N) is 6. The third kappa shape index (κ3) is 5.25. The van der Waals surface area contributed by atoms with E-state index < -0.39 is 0 Å². The lowest BCUT2D eigenvalue weighted by atomic mass is 10.4. The monoisotopic (exact) mass is 501 g/mol. The van der Waals surface area contributed by atoms with Gasteiger partial charge >= 0.3 is 0 Å². The lowest BCUT2D eigenvalue weighted by molar-refractivity contribution is 0.785. The predicted molar refractivity (Wildman–Crippen MR) is 120 cm³/mol. The number of guanidine groups is 1. The molecule has 3 rings (SSSR count). The number of aromatic nitrogens is 5. The molecule has 9 nitrogen and oxygen atoms in total. The smallest absolute Gasteiger partial charge is 0.191 e. The van der Waals surface area contributed by atoms with E-state index in [0.717, 1.165) is 33.5 Å². The first-order valence-electron chi connectivity index (χ1n) is 8.32. The highest BCUT2D eigenvalue weighted by molar-refractivity contribution is 14.0. The SMILES string of the molecule is CN=C(NCCNc1ncnc2c1cnn2C)NCc1nc(C)c(C)s1.I. The molecular formula is C16H24IN9S. The molecule has 0 aliphatic carbocycles. The molecule has 3 heterocycles. The van der Waals surface area contributed by atoms with E-state index in [0.29, 0.717) is 19.6 Å². The fraction of sp³-hybridized carbons (Fsp3) is 0.438. The summed E-state index contributed by atoms with van der Waals surface area (Å²) in [6.45, 7) is 6.16. The van der Waals surface area contributed by atoms with Gasteiger partial charge in [-0.05, 0) is 13.8 Å². The quantitative estimate of drug-likeness (QED) is 0.205. The second-order valence-electron chi connectivity index (χ2n) is 5.76. The molecule has 0 aromatic carbocycles. The zero-order chi connectivity index (χ0) is 18.5. The first-order valence-corrected chi connectivity index (χ1v) is 9.14. The number of halogens is 1. The Balaban J connectivity index is 0.00000261. The first kappa shape index (κ1) is 21.3. The minimum absolute atomic E-state index is 0. The lowest BCUT2D eigenvalue weighted by Crippen LogP contribution is -2.39. The van der Waals surface area contributed by atoms with Gasteiger partial charge in [0.05, 0.1) is 23.8 Å². The van der Waals surface area contributed by atoms with Crippen LogP contribution in [0.3, 0.4) is 0 Å². The maximum Gasteiger partial charge on any atom is 0.191 e. The molecule has 0 bridgehead atoms. The minimum Gasteiger partial charge on any atom is -0.368 e. The fourth-order valence-electron chi connectivity index (χ4n) is 2.46. The van der Waals surface area contributed by atoms with Crippen LogP contribution in [0.4, 0.5) is 5.82 Å². The second-order valence-corrected chi connectivity index (χ2v) is 7.04. The fourth-order valence-corrected chi connectivity index (χ4v) is 3.33. The molecule has 0 saturated carbocycles. The van der Waals surface area contributed by atoms with Crippen LogP contribution in [0, 0.1) is 13.8 Å². The maximum absolute atomic E-state index is 4.52. The van der Waals surface area contributed by atoms with Gasteiger partial charge in [-0.25, -0.2) is 15.0 Å². The van der Waals surface area contributed by atoms with Crippen LogP contribution in [0.2, 0.25) is 0 Å². The average molecular weight is 501 g/mol. The number of fused-ring (bicyclic) bond motifs is 1. The molecule has 0 radical (unpaired) electrons. The van der Waals surface area contributed by atoms with Crippen LogP contribution in [0.1, 0.15) is 15.6 Å². The van der Waals surface area contributed by atoms with Gasteiger partial charge in [-0.15, -0.1) is 35.3 Å². The maximum atomic E-state index is 4.52. The van der Waals surface area contributed by atoms with Crippen LogP contribution in [0.5, 0.6) is 0 Å². The zero-order valence-electron chi connectivity index (χ0n) is 15.8. The molecule has 0 aliphatic heterocycles.